The van der Waals surface area contributed by atoms with Crippen LogP contribution in [0.15, 0.2) is 0 Å². The Balaban J connectivity index is 2.31. The van der Waals surface area contributed by atoms with Crippen LogP contribution in [0.2, 0.25) is 0 Å². The lowest BCUT2D eigenvalue weighted by Crippen LogP contribution is -2.37. The topological polar surface area (TPSA) is 79.7 Å². The number of carbonyl (C=O) groups excluding carboxylic acids is 1. The molecule has 0 spiro atoms. The van der Waals surface area contributed by atoms with Gasteiger partial charge in [0.25, 0.3) is 0 Å². The Morgan fingerprint density at radius 2 is 2.05 bits per heavy atom. The minimum absolute atomic E-state index is 0.0189. The number of amides is 1. The molecule has 110 valence electrons. The normalized spacial score (nSPS) is 15.4. The maximum Gasteiger partial charge on any atom is 0.415 e. The van der Waals surface area contributed by atoms with Crippen molar-refractivity contribution in [2.24, 2.45) is 0 Å². The lowest BCUT2D eigenvalue weighted by molar-refractivity contribution is 0.0580. The number of anilines is 1. The fourth-order valence-corrected chi connectivity index (χ4v) is 2.93. The van der Waals surface area contributed by atoms with Gasteiger partial charge in [-0.25, -0.2) is 14.6 Å². The van der Waals surface area contributed by atoms with E-state index in [9.17, 15) is 9.59 Å². The van der Waals surface area contributed by atoms with Crippen molar-refractivity contribution >= 4 is 28.4 Å². The van der Waals surface area contributed by atoms with E-state index in [0.29, 0.717) is 23.7 Å². The highest BCUT2D eigenvalue weighted by molar-refractivity contribution is 7.17. The molecule has 1 aliphatic rings. The highest BCUT2D eigenvalue weighted by Gasteiger charge is 2.29. The molecule has 20 heavy (non-hydrogen) atoms. The van der Waals surface area contributed by atoms with Crippen LogP contribution in [-0.2, 0) is 11.2 Å². The van der Waals surface area contributed by atoms with Gasteiger partial charge in [0.05, 0.1) is 5.69 Å². The van der Waals surface area contributed by atoms with Crippen molar-refractivity contribution in [2.75, 3.05) is 11.4 Å². The number of carbonyl (C=O) groups is 2. The molecule has 1 aliphatic heterocycles. The quantitative estimate of drug-likeness (QED) is 0.862. The smallest absolute Gasteiger partial charge is 0.415 e. The summed E-state index contributed by atoms with van der Waals surface area (Å²) < 4.78 is 5.38. The molecule has 0 aromatic carbocycles. The van der Waals surface area contributed by atoms with Crippen LogP contribution in [0.3, 0.4) is 0 Å². The number of carboxylic acids is 1. The number of carboxylic acid groups (broad SMARTS) is 1. The number of aromatic nitrogens is 1. The summed E-state index contributed by atoms with van der Waals surface area (Å²) in [4.78, 5) is 28.9. The molecular weight excluding hydrogens is 280 g/mol. The summed E-state index contributed by atoms with van der Waals surface area (Å²) in [5, 5.41) is 9.65. The molecule has 1 amide bonds. The molecule has 0 radical (unpaired) electrons. The molecule has 0 fully saturated rings. The molecule has 1 aromatic heterocycles. The van der Waals surface area contributed by atoms with Crippen molar-refractivity contribution in [2.45, 2.75) is 45.6 Å². The van der Waals surface area contributed by atoms with Crippen LogP contribution in [0.4, 0.5) is 9.80 Å². The summed E-state index contributed by atoms with van der Waals surface area (Å²) in [7, 11) is 0. The van der Waals surface area contributed by atoms with E-state index in [0.717, 1.165) is 24.2 Å². The first-order chi connectivity index (χ1) is 9.28. The van der Waals surface area contributed by atoms with E-state index >= 15 is 0 Å². The van der Waals surface area contributed by atoms with E-state index in [2.05, 4.69) is 4.98 Å². The van der Waals surface area contributed by atoms with Crippen molar-refractivity contribution in [3.8, 4) is 0 Å². The summed E-state index contributed by atoms with van der Waals surface area (Å²) in [6.45, 7) is 5.94. The van der Waals surface area contributed by atoms with Gasteiger partial charge in [-0.1, -0.05) is 11.3 Å². The number of rotatable bonds is 1. The van der Waals surface area contributed by atoms with Gasteiger partial charge in [-0.3, -0.25) is 4.90 Å². The van der Waals surface area contributed by atoms with Gasteiger partial charge < -0.3 is 9.84 Å². The van der Waals surface area contributed by atoms with Gasteiger partial charge in [0.2, 0.25) is 5.01 Å². The Hall–Kier alpha value is -1.63. The summed E-state index contributed by atoms with van der Waals surface area (Å²) >= 11 is 1.03. The van der Waals surface area contributed by atoms with Crippen LogP contribution in [0.1, 0.15) is 49.1 Å². The molecule has 0 atom stereocenters. The third kappa shape index (κ3) is 3.27. The van der Waals surface area contributed by atoms with E-state index in [4.69, 9.17) is 9.84 Å². The zero-order chi connectivity index (χ0) is 14.9. The van der Waals surface area contributed by atoms with Gasteiger partial charge in [0, 0.05) is 6.54 Å². The van der Waals surface area contributed by atoms with Crippen molar-refractivity contribution < 1.29 is 19.4 Å². The fraction of sp³-hybridized carbons (Fsp3) is 0.615. The molecule has 1 N–H and O–H groups in total. The number of nitrogens with zero attached hydrogens (tertiary/aromatic N) is 2. The fourth-order valence-electron chi connectivity index (χ4n) is 1.96. The van der Waals surface area contributed by atoms with Crippen LogP contribution in [0.25, 0.3) is 0 Å². The Kier molecular flexibility index (Phi) is 3.99. The van der Waals surface area contributed by atoms with E-state index < -0.39 is 17.7 Å². The van der Waals surface area contributed by atoms with Crippen LogP contribution in [-0.4, -0.2) is 34.3 Å². The number of ether oxygens (including phenoxy) is 1. The van der Waals surface area contributed by atoms with Crippen molar-refractivity contribution in [1.29, 1.82) is 0 Å². The van der Waals surface area contributed by atoms with Crippen molar-refractivity contribution in [3.05, 3.63) is 10.7 Å². The van der Waals surface area contributed by atoms with E-state index in [1.807, 2.05) is 0 Å². The number of aryl methyl sites for hydroxylation is 1. The van der Waals surface area contributed by atoms with E-state index in [-0.39, 0.29) is 5.01 Å². The van der Waals surface area contributed by atoms with Crippen molar-refractivity contribution in [1.82, 2.24) is 4.98 Å². The first-order valence-corrected chi connectivity index (χ1v) is 7.33. The second-order valence-corrected chi connectivity index (χ2v) is 6.64. The summed E-state index contributed by atoms with van der Waals surface area (Å²) in [6, 6.07) is 0. The molecule has 2 heterocycles. The molecule has 1 aromatic rings. The van der Waals surface area contributed by atoms with Gasteiger partial charge in [-0.15, -0.1) is 0 Å². The predicted molar refractivity (Wildman–Crippen MR) is 75.6 cm³/mol. The Labute approximate surface area is 121 Å². The predicted octanol–water partition coefficient (Wildman–Crippen LogP) is 2.92. The minimum Gasteiger partial charge on any atom is -0.476 e. The average molecular weight is 298 g/mol. The second kappa shape index (κ2) is 5.40. The first kappa shape index (κ1) is 14.8. The Morgan fingerprint density at radius 1 is 1.35 bits per heavy atom. The number of fused-ring (bicyclic) bond motifs is 1. The van der Waals surface area contributed by atoms with Crippen LogP contribution < -0.4 is 4.90 Å². The molecule has 7 heteroatoms. The first-order valence-electron chi connectivity index (χ1n) is 6.51. The number of hydrogen-bond donors (Lipinski definition) is 1. The Bertz CT molecular complexity index is 533. The molecule has 0 saturated heterocycles. The van der Waals surface area contributed by atoms with Crippen molar-refractivity contribution in [3.63, 3.8) is 0 Å². The highest BCUT2D eigenvalue weighted by Crippen LogP contribution is 2.33. The third-order valence-electron chi connectivity index (χ3n) is 2.76. The maximum absolute atomic E-state index is 12.2. The lowest BCUT2D eigenvalue weighted by Gasteiger charge is -2.25. The number of thiazole rings is 1. The summed E-state index contributed by atoms with van der Waals surface area (Å²) in [6.07, 6.45) is 1.99. The van der Waals surface area contributed by atoms with Gasteiger partial charge in [0.15, 0.2) is 0 Å². The molecule has 0 bridgehead atoms. The largest absolute Gasteiger partial charge is 0.476 e. The minimum atomic E-state index is -1.06. The van der Waals surface area contributed by atoms with E-state index in [1.54, 1.807) is 20.8 Å². The number of hydrogen-bond acceptors (Lipinski definition) is 5. The van der Waals surface area contributed by atoms with Gasteiger partial charge in [0.1, 0.15) is 10.6 Å². The van der Waals surface area contributed by atoms with Gasteiger partial charge in [-0.2, -0.15) is 0 Å². The second-order valence-electron chi connectivity index (χ2n) is 5.67. The molecule has 0 aliphatic carbocycles. The monoisotopic (exact) mass is 298 g/mol. The standard InChI is InChI=1S/C13H18N2O4S/c1-13(2,3)19-12(18)15-7-5-4-6-8-10(15)20-9(14-8)11(16)17/h4-7H2,1-3H3,(H,16,17). The van der Waals surface area contributed by atoms with Crippen LogP contribution >= 0.6 is 11.3 Å². The van der Waals surface area contributed by atoms with Gasteiger partial charge >= 0.3 is 12.1 Å². The molecule has 2 rings (SSSR count). The summed E-state index contributed by atoms with van der Waals surface area (Å²) in [5.74, 6) is -1.06. The maximum atomic E-state index is 12.2. The molecule has 0 saturated carbocycles. The van der Waals surface area contributed by atoms with E-state index in [1.165, 1.54) is 4.90 Å². The number of aromatic carboxylic acids is 1. The average Bonchev–Trinajstić information content (AvgIpc) is 2.61. The molecule has 0 unspecified atom stereocenters. The highest BCUT2D eigenvalue weighted by atomic mass is 32.1. The SMILES string of the molecule is CC(C)(C)OC(=O)N1CCCCc2nc(C(=O)O)sc21. The molecule has 6 nitrogen and oxygen atoms in total. The third-order valence-corrected chi connectivity index (χ3v) is 3.87. The van der Waals surface area contributed by atoms with Crippen LogP contribution in [0.5, 0.6) is 0 Å². The van der Waals surface area contributed by atoms with Crippen LogP contribution in [0, 0.1) is 0 Å². The Morgan fingerprint density at radius 3 is 2.65 bits per heavy atom. The molecular formula is C13H18N2O4S. The zero-order valence-electron chi connectivity index (χ0n) is 11.8. The van der Waals surface area contributed by atoms with Gasteiger partial charge in [-0.05, 0) is 40.0 Å². The summed E-state index contributed by atoms with van der Waals surface area (Å²) in [5.41, 5.74) is 0.0971. The zero-order valence-corrected chi connectivity index (χ0v) is 12.6. The lowest BCUT2D eigenvalue weighted by atomic mass is 10.2.